The van der Waals surface area contributed by atoms with Gasteiger partial charge in [-0.15, -0.1) is 0 Å². The van der Waals surface area contributed by atoms with Crippen LogP contribution in [0.5, 0.6) is 5.88 Å². The van der Waals surface area contributed by atoms with Gasteiger partial charge in [0.15, 0.2) is 11.6 Å². The van der Waals surface area contributed by atoms with Crippen LogP contribution in [-0.4, -0.2) is 17.9 Å². The van der Waals surface area contributed by atoms with Crippen LogP contribution in [0, 0.1) is 5.82 Å². The maximum atomic E-state index is 13.6. The molecule has 2 rings (SSSR count). The summed E-state index contributed by atoms with van der Waals surface area (Å²) in [7, 11) is 1.35. The minimum atomic E-state index is -0.554. The number of carbonyl (C=O) groups is 1. The number of hydrogen-bond acceptors (Lipinski definition) is 4. The van der Waals surface area contributed by atoms with E-state index in [1.165, 1.54) is 26.3 Å². The average Bonchev–Trinajstić information content (AvgIpc) is 2.38. The number of carbonyl (C=O) groups excluding carboxylic acids is 1. The molecule has 0 atom stereocenters. The van der Waals surface area contributed by atoms with Crippen LogP contribution < -0.4 is 10.5 Å². The number of ketones is 1. The number of nitrogen functional groups attached to an aromatic ring is 1. The number of methoxy groups -OCH3 is 1. The van der Waals surface area contributed by atoms with E-state index in [0.29, 0.717) is 22.4 Å². The molecule has 2 N–H and O–H groups in total. The van der Waals surface area contributed by atoms with E-state index in [1.54, 1.807) is 18.2 Å². The third-order valence-corrected chi connectivity index (χ3v) is 2.77. The second-order valence-corrected chi connectivity index (χ2v) is 4.07. The molecule has 19 heavy (non-hydrogen) atoms. The minimum Gasteiger partial charge on any atom is -0.479 e. The summed E-state index contributed by atoms with van der Waals surface area (Å²) in [6.07, 6.45) is 1.48. The van der Waals surface area contributed by atoms with Crippen LogP contribution in [0.2, 0.25) is 0 Å². The summed E-state index contributed by atoms with van der Waals surface area (Å²) in [6.45, 7) is 1.43. The van der Waals surface area contributed by atoms with Crippen molar-refractivity contribution >= 4 is 11.5 Å². The molecule has 0 unspecified atom stereocenters. The molecule has 0 saturated heterocycles. The minimum absolute atomic E-state index is 0.0639. The Morgan fingerprint density at radius 3 is 2.63 bits per heavy atom. The fourth-order valence-corrected chi connectivity index (χ4v) is 1.77. The van der Waals surface area contributed by atoms with Gasteiger partial charge < -0.3 is 10.5 Å². The zero-order chi connectivity index (χ0) is 14.0. The highest BCUT2D eigenvalue weighted by atomic mass is 19.1. The molecule has 1 heterocycles. The van der Waals surface area contributed by atoms with Crippen LogP contribution in [0.3, 0.4) is 0 Å². The summed E-state index contributed by atoms with van der Waals surface area (Å²) >= 11 is 0. The monoisotopic (exact) mass is 260 g/mol. The number of benzene rings is 1. The Balaban J connectivity index is 2.50. The average molecular weight is 260 g/mol. The van der Waals surface area contributed by atoms with Gasteiger partial charge in [0.25, 0.3) is 0 Å². The standard InChI is InChI=1S/C14H13FN2O2/c1-8(18)11-5-9(3-4-13(11)16)10-6-12(15)14(19-2)17-7-10/h3-7H,16H2,1-2H3. The van der Waals surface area contributed by atoms with E-state index in [9.17, 15) is 9.18 Å². The number of Topliss-reactive ketones (excluding diaryl/α,β-unsaturated/α-hetero) is 1. The number of nitrogens with two attached hydrogens (primary N) is 1. The second kappa shape index (κ2) is 5.06. The van der Waals surface area contributed by atoms with Gasteiger partial charge in [0.05, 0.1) is 7.11 Å². The Kier molecular flexibility index (Phi) is 3.46. The number of aromatic nitrogens is 1. The Morgan fingerprint density at radius 1 is 1.32 bits per heavy atom. The van der Waals surface area contributed by atoms with Crippen molar-refractivity contribution in [2.45, 2.75) is 6.92 Å². The molecule has 1 aromatic carbocycles. The van der Waals surface area contributed by atoms with Gasteiger partial charge in [-0.2, -0.15) is 0 Å². The van der Waals surface area contributed by atoms with E-state index in [1.807, 2.05) is 0 Å². The van der Waals surface area contributed by atoms with Gasteiger partial charge >= 0.3 is 0 Å². The van der Waals surface area contributed by atoms with E-state index in [4.69, 9.17) is 10.5 Å². The topological polar surface area (TPSA) is 65.2 Å². The first kappa shape index (κ1) is 13.0. The first-order valence-corrected chi connectivity index (χ1v) is 5.63. The zero-order valence-corrected chi connectivity index (χ0v) is 10.6. The summed E-state index contributed by atoms with van der Waals surface area (Å²) in [5.41, 5.74) is 7.76. The van der Waals surface area contributed by atoms with E-state index in [-0.39, 0.29) is 11.7 Å². The smallest absolute Gasteiger partial charge is 0.250 e. The molecule has 0 radical (unpaired) electrons. The number of halogens is 1. The van der Waals surface area contributed by atoms with E-state index < -0.39 is 5.82 Å². The van der Waals surface area contributed by atoms with Crippen molar-refractivity contribution in [3.63, 3.8) is 0 Å². The fraction of sp³-hybridized carbons (Fsp3) is 0.143. The molecule has 1 aromatic heterocycles. The van der Waals surface area contributed by atoms with Crippen LogP contribution in [0.15, 0.2) is 30.5 Å². The number of anilines is 1. The molecule has 0 bridgehead atoms. The Labute approximate surface area is 110 Å². The summed E-state index contributed by atoms with van der Waals surface area (Å²) < 4.78 is 18.4. The van der Waals surface area contributed by atoms with Crippen LogP contribution in [0.4, 0.5) is 10.1 Å². The quantitative estimate of drug-likeness (QED) is 0.680. The molecule has 98 valence electrons. The van der Waals surface area contributed by atoms with Crippen molar-refractivity contribution in [1.29, 1.82) is 0 Å². The predicted octanol–water partition coefficient (Wildman–Crippen LogP) is 2.68. The van der Waals surface area contributed by atoms with E-state index >= 15 is 0 Å². The lowest BCUT2D eigenvalue weighted by atomic mass is 10.0. The largest absolute Gasteiger partial charge is 0.479 e. The first-order chi connectivity index (χ1) is 9.02. The lowest BCUT2D eigenvalue weighted by molar-refractivity contribution is 0.101. The lowest BCUT2D eigenvalue weighted by Gasteiger charge is -2.07. The van der Waals surface area contributed by atoms with Crippen LogP contribution in [0.25, 0.3) is 11.1 Å². The second-order valence-electron chi connectivity index (χ2n) is 4.07. The maximum absolute atomic E-state index is 13.6. The van der Waals surface area contributed by atoms with Crippen LogP contribution in [0.1, 0.15) is 17.3 Å². The van der Waals surface area contributed by atoms with Crippen molar-refractivity contribution in [2.75, 3.05) is 12.8 Å². The summed E-state index contributed by atoms with van der Waals surface area (Å²) in [5, 5.41) is 0. The third-order valence-electron chi connectivity index (χ3n) is 2.77. The van der Waals surface area contributed by atoms with Gasteiger partial charge in [-0.3, -0.25) is 4.79 Å². The van der Waals surface area contributed by atoms with E-state index in [2.05, 4.69) is 4.98 Å². The number of hydrogen-bond donors (Lipinski definition) is 1. The normalized spacial score (nSPS) is 10.3. The van der Waals surface area contributed by atoms with Gasteiger partial charge in [-0.05, 0) is 30.7 Å². The van der Waals surface area contributed by atoms with Gasteiger partial charge in [-0.25, -0.2) is 9.37 Å². The molecule has 5 heteroatoms. The van der Waals surface area contributed by atoms with Gasteiger partial charge in [0.2, 0.25) is 5.88 Å². The molecule has 0 aliphatic heterocycles. The fourth-order valence-electron chi connectivity index (χ4n) is 1.77. The molecule has 0 amide bonds. The number of pyridine rings is 1. The van der Waals surface area contributed by atoms with Crippen molar-refractivity contribution in [2.24, 2.45) is 0 Å². The molecule has 2 aromatic rings. The van der Waals surface area contributed by atoms with Crippen molar-refractivity contribution < 1.29 is 13.9 Å². The predicted molar refractivity (Wildman–Crippen MR) is 70.6 cm³/mol. The van der Waals surface area contributed by atoms with Gasteiger partial charge in [-0.1, -0.05) is 6.07 Å². The summed E-state index contributed by atoms with van der Waals surface area (Å²) in [5.74, 6) is -0.756. The molecule has 0 saturated carbocycles. The van der Waals surface area contributed by atoms with Crippen molar-refractivity contribution in [3.05, 3.63) is 41.8 Å². The SMILES string of the molecule is COc1ncc(-c2ccc(N)c(C(C)=O)c2)cc1F. The summed E-state index contributed by atoms with van der Waals surface area (Å²) in [4.78, 5) is 15.3. The molecular formula is C14H13FN2O2. The van der Waals surface area contributed by atoms with E-state index in [0.717, 1.165) is 0 Å². The highest BCUT2D eigenvalue weighted by molar-refractivity contribution is 6.00. The highest BCUT2D eigenvalue weighted by Gasteiger charge is 2.10. The first-order valence-electron chi connectivity index (χ1n) is 5.63. The maximum Gasteiger partial charge on any atom is 0.250 e. The van der Waals surface area contributed by atoms with Gasteiger partial charge in [0.1, 0.15) is 0 Å². The zero-order valence-electron chi connectivity index (χ0n) is 10.6. The lowest BCUT2D eigenvalue weighted by Crippen LogP contribution is -2.00. The van der Waals surface area contributed by atoms with Crippen molar-refractivity contribution in [3.8, 4) is 17.0 Å². The number of ether oxygens (including phenoxy) is 1. The number of rotatable bonds is 3. The molecule has 0 aliphatic carbocycles. The molecule has 0 spiro atoms. The van der Waals surface area contributed by atoms with Crippen LogP contribution >= 0.6 is 0 Å². The van der Waals surface area contributed by atoms with Crippen molar-refractivity contribution in [1.82, 2.24) is 4.98 Å². The third kappa shape index (κ3) is 2.54. The Morgan fingerprint density at radius 2 is 2.05 bits per heavy atom. The van der Waals surface area contributed by atoms with Gasteiger partial charge in [0, 0.05) is 23.0 Å². The Bertz CT molecular complexity index is 641. The Hall–Kier alpha value is -2.43. The molecule has 4 nitrogen and oxygen atoms in total. The highest BCUT2D eigenvalue weighted by Crippen LogP contribution is 2.26. The number of nitrogens with zero attached hydrogens (tertiary/aromatic N) is 1. The molecule has 0 fully saturated rings. The van der Waals surface area contributed by atoms with Crippen LogP contribution in [-0.2, 0) is 0 Å². The summed E-state index contributed by atoms with van der Waals surface area (Å²) in [6, 6.07) is 6.26. The molecular weight excluding hydrogens is 247 g/mol. The molecule has 0 aliphatic rings.